The lowest BCUT2D eigenvalue weighted by molar-refractivity contribution is -0.111. The molecule has 2 aromatic heterocycles. The first-order valence-corrected chi connectivity index (χ1v) is 9.14. The lowest BCUT2D eigenvalue weighted by Gasteiger charge is -2.16. The number of furan rings is 1. The van der Waals surface area contributed by atoms with Gasteiger partial charge in [-0.1, -0.05) is 6.07 Å². The van der Waals surface area contributed by atoms with Gasteiger partial charge in [0, 0.05) is 24.0 Å². The Kier molecular flexibility index (Phi) is 4.41. The first-order valence-electron chi connectivity index (χ1n) is 8.20. The van der Waals surface area contributed by atoms with Crippen molar-refractivity contribution < 1.29 is 14.0 Å². The fourth-order valence-corrected chi connectivity index (χ4v) is 3.56. The SMILES string of the molecule is O=C(/C=C/c1ccsc1)Nc1ccc2c(c1)N(C(=O)c1ccco1)CC2. The molecule has 4 rings (SSSR count). The van der Waals surface area contributed by atoms with E-state index in [4.69, 9.17) is 4.42 Å². The molecule has 1 aliphatic heterocycles. The van der Waals surface area contributed by atoms with Crippen molar-refractivity contribution in [3.8, 4) is 0 Å². The standard InChI is InChI=1S/C20H16N2O3S/c23-19(6-3-14-8-11-26-13-14)21-16-5-4-15-7-9-22(17(15)12-16)20(24)18-2-1-10-25-18/h1-6,8,10-13H,7,9H2,(H,21,23)/b6-3+. The Morgan fingerprint density at radius 2 is 2.15 bits per heavy atom. The summed E-state index contributed by atoms with van der Waals surface area (Å²) in [5.41, 5.74) is 3.54. The molecule has 1 aromatic carbocycles. The molecule has 0 spiro atoms. The number of rotatable bonds is 4. The van der Waals surface area contributed by atoms with Crippen molar-refractivity contribution in [2.75, 3.05) is 16.8 Å². The van der Waals surface area contributed by atoms with E-state index in [0.29, 0.717) is 18.0 Å². The van der Waals surface area contributed by atoms with E-state index in [-0.39, 0.29) is 11.8 Å². The summed E-state index contributed by atoms with van der Waals surface area (Å²) in [6.07, 6.45) is 5.54. The summed E-state index contributed by atoms with van der Waals surface area (Å²) in [5.74, 6) is -0.0707. The summed E-state index contributed by atoms with van der Waals surface area (Å²) in [7, 11) is 0. The highest BCUT2D eigenvalue weighted by atomic mass is 32.1. The molecule has 0 unspecified atom stereocenters. The van der Waals surface area contributed by atoms with Crippen LogP contribution in [0.2, 0.25) is 0 Å². The predicted molar refractivity (Wildman–Crippen MR) is 103 cm³/mol. The number of benzene rings is 1. The van der Waals surface area contributed by atoms with E-state index >= 15 is 0 Å². The first kappa shape index (κ1) is 16.4. The van der Waals surface area contributed by atoms with Gasteiger partial charge in [-0.3, -0.25) is 9.59 Å². The second-order valence-corrected chi connectivity index (χ2v) is 6.69. The smallest absolute Gasteiger partial charge is 0.293 e. The van der Waals surface area contributed by atoms with Crippen LogP contribution in [0.1, 0.15) is 21.7 Å². The molecule has 3 heterocycles. The van der Waals surface area contributed by atoms with Gasteiger partial charge in [-0.2, -0.15) is 11.3 Å². The molecule has 0 saturated heterocycles. The third-order valence-corrected chi connectivity index (χ3v) is 4.90. The van der Waals surface area contributed by atoms with E-state index in [1.807, 2.05) is 35.0 Å². The zero-order valence-electron chi connectivity index (χ0n) is 13.8. The van der Waals surface area contributed by atoms with Crippen LogP contribution >= 0.6 is 11.3 Å². The van der Waals surface area contributed by atoms with Crippen molar-refractivity contribution in [2.45, 2.75) is 6.42 Å². The molecule has 5 nitrogen and oxygen atoms in total. The van der Waals surface area contributed by atoms with Gasteiger partial charge >= 0.3 is 0 Å². The number of hydrogen-bond acceptors (Lipinski definition) is 4. The van der Waals surface area contributed by atoms with Gasteiger partial charge in [0.2, 0.25) is 5.91 Å². The van der Waals surface area contributed by atoms with Crippen LogP contribution in [0.4, 0.5) is 11.4 Å². The molecule has 1 aliphatic rings. The van der Waals surface area contributed by atoms with E-state index in [1.165, 1.54) is 12.3 Å². The topological polar surface area (TPSA) is 62.6 Å². The van der Waals surface area contributed by atoms with E-state index in [9.17, 15) is 9.59 Å². The fraction of sp³-hybridized carbons (Fsp3) is 0.100. The number of carbonyl (C=O) groups excluding carboxylic acids is 2. The summed E-state index contributed by atoms with van der Waals surface area (Å²) in [6.45, 7) is 0.602. The van der Waals surface area contributed by atoms with Crippen molar-refractivity contribution >= 4 is 40.6 Å². The van der Waals surface area contributed by atoms with E-state index in [0.717, 1.165) is 23.2 Å². The van der Waals surface area contributed by atoms with Gasteiger partial charge in [-0.25, -0.2) is 0 Å². The van der Waals surface area contributed by atoms with Gasteiger partial charge in [-0.15, -0.1) is 0 Å². The van der Waals surface area contributed by atoms with Gasteiger partial charge in [0.1, 0.15) is 0 Å². The number of carbonyl (C=O) groups is 2. The normalized spacial score (nSPS) is 13.2. The maximum atomic E-state index is 12.6. The van der Waals surface area contributed by atoms with Crippen LogP contribution < -0.4 is 10.2 Å². The van der Waals surface area contributed by atoms with Crippen LogP contribution in [0.25, 0.3) is 6.08 Å². The molecular weight excluding hydrogens is 348 g/mol. The van der Waals surface area contributed by atoms with Crippen LogP contribution in [0.15, 0.2) is 63.9 Å². The number of amides is 2. The number of thiophene rings is 1. The van der Waals surface area contributed by atoms with Crippen LogP contribution in [0.3, 0.4) is 0 Å². The molecule has 6 heteroatoms. The summed E-state index contributed by atoms with van der Waals surface area (Å²) in [6, 6.07) is 10.9. The molecule has 2 amide bonds. The molecule has 0 saturated carbocycles. The maximum Gasteiger partial charge on any atom is 0.293 e. The van der Waals surface area contributed by atoms with Gasteiger partial charge in [0.05, 0.1) is 6.26 Å². The van der Waals surface area contributed by atoms with Gasteiger partial charge < -0.3 is 14.6 Å². The number of nitrogens with one attached hydrogen (secondary N) is 1. The molecule has 26 heavy (non-hydrogen) atoms. The van der Waals surface area contributed by atoms with Crippen LogP contribution in [0.5, 0.6) is 0 Å². The Bertz CT molecular complexity index is 959. The third kappa shape index (κ3) is 3.32. The molecule has 0 aliphatic carbocycles. The van der Waals surface area contributed by atoms with Crippen LogP contribution in [-0.2, 0) is 11.2 Å². The molecule has 0 radical (unpaired) electrons. The zero-order chi connectivity index (χ0) is 17.9. The second kappa shape index (κ2) is 7.01. The monoisotopic (exact) mass is 364 g/mol. The summed E-state index contributed by atoms with van der Waals surface area (Å²) < 4.78 is 5.22. The number of fused-ring (bicyclic) bond motifs is 1. The minimum absolute atomic E-state index is 0.172. The summed E-state index contributed by atoms with van der Waals surface area (Å²) in [4.78, 5) is 26.4. The molecule has 130 valence electrons. The molecule has 0 bridgehead atoms. The summed E-state index contributed by atoms with van der Waals surface area (Å²) >= 11 is 1.58. The Morgan fingerprint density at radius 3 is 2.92 bits per heavy atom. The van der Waals surface area contributed by atoms with Crippen LogP contribution in [-0.4, -0.2) is 18.4 Å². The second-order valence-electron chi connectivity index (χ2n) is 5.91. The minimum atomic E-state index is -0.210. The van der Waals surface area contributed by atoms with Crippen molar-refractivity contribution in [2.24, 2.45) is 0 Å². The number of anilines is 2. The fourth-order valence-electron chi connectivity index (χ4n) is 2.93. The number of hydrogen-bond donors (Lipinski definition) is 1. The van der Waals surface area contributed by atoms with Crippen molar-refractivity contribution in [1.82, 2.24) is 0 Å². The van der Waals surface area contributed by atoms with Crippen molar-refractivity contribution in [1.29, 1.82) is 0 Å². The highest BCUT2D eigenvalue weighted by molar-refractivity contribution is 7.08. The average molecular weight is 364 g/mol. The zero-order valence-corrected chi connectivity index (χ0v) is 14.7. The molecular formula is C20H16N2O3S. The van der Waals surface area contributed by atoms with Gasteiger partial charge in [0.15, 0.2) is 5.76 Å². The highest BCUT2D eigenvalue weighted by Crippen LogP contribution is 2.32. The predicted octanol–water partition coefficient (Wildman–Crippen LogP) is 4.20. The van der Waals surface area contributed by atoms with Crippen molar-refractivity contribution in [3.63, 3.8) is 0 Å². The Balaban J connectivity index is 1.50. The van der Waals surface area contributed by atoms with E-state index < -0.39 is 0 Å². The lowest BCUT2D eigenvalue weighted by atomic mass is 10.1. The maximum absolute atomic E-state index is 12.6. The molecule has 0 fully saturated rings. The first-order chi connectivity index (χ1) is 12.7. The van der Waals surface area contributed by atoms with Gasteiger partial charge in [0.25, 0.3) is 5.91 Å². The average Bonchev–Trinajstić information content (AvgIpc) is 3.40. The van der Waals surface area contributed by atoms with Crippen molar-refractivity contribution in [3.05, 3.63) is 76.4 Å². The summed E-state index contributed by atoms with van der Waals surface area (Å²) in [5, 5.41) is 6.78. The largest absolute Gasteiger partial charge is 0.459 e. The molecule has 0 atom stereocenters. The van der Waals surface area contributed by atoms with Crippen LogP contribution in [0, 0.1) is 0 Å². The molecule has 1 N–H and O–H groups in total. The highest BCUT2D eigenvalue weighted by Gasteiger charge is 2.27. The quantitative estimate of drug-likeness (QED) is 0.706. The third-order valence-electron chi connectivity index (χ3n) is 4.20. The molecule has 3 aromatic rings. The van der Waals surface area contributed by atoms with Gasteiger partial charge in [-0.05, 0) is 64.7 Å². The van der Waals surface area contributed by atoms with E-state index in [2.05, 4.69) is 5.32 Å². The Labute approximate surface area is 154 Å². The minimum Gasteiger partial charge on any atom is -0.459 e. The van der Waals surface area contributed by atoms with E-state index in [1.54, 1.807) is 34.4 Å². The lowest BCUT2D eigenvalue weighted by Crippen LogP contribution is -2.28. The number of nitrogens with zero attached hydrogens (tertiary/aromatic N) is 1. The Hall–Kier alpha value is -3.12. The Morgan fingerprint density at radius 1 is 1.23 bits per heavy atom.